The molecule has 0 aliphatic heterocycles. The molecule has 1 heterocycles. The van der Waals surface area contributed by atoms with Gasteiger partial charge in [0.1, 0.15) is 17.0 Å². The van der Waals surface area contributed by atoms with E-state index in [1.54, 1.807) is 0 Å². The molecule has 0 amide bonds. The predicted octanol–water partition coefficient (Wildman–Crippen LogP) is 10.5. The summed E-state index contributed by atoms with van der Waals surface area (Å²) < 4.78 is 6.36. The van der Waals surface area contributed by atoms with Crippen LogP contribution in [0.4, 0.5) is 0 Å². The summed E-state index contributed by atoms with van der Waals surface area (Å²) >= 11 is 0. The molecule has 8 rings (SSSR count). The SMILES string of the molecule is NC(=N/C(=C\Cc1ccccc1)c1cccc2cc(-c3c4ccccc4cc4oc5ccccc5c34)ccc12)c1ccccc1. The van der Waals surface area contributed by atoms with E-state index in [1.807, 2.05) is 48.5 Å². The third kappa shape index (κ3) is 4.95. The van der Waals surface area contributed by atoms with Crippen LogP contribution < -0.4 is 5.73 Å². The predicted molar refractivity (Wildman–Crippen MR) is 189 cm³/mol. The van der Waals surface area contributed by atoms with Crippen molar-refractivity contribution < 1.29 is 4.42 Å². The Morgan fingerprint density at radius 3 is 2.13 bits per heavy atom. The zero-order valence-electron chi connectivity index (χ0n) is 24.7. The Labute approximate surface area is 261 Å². The van der Waals surface area contributed by atoms with Crippen molar-refractivity contribution in [3.05, 3.63) is 174 Å². The average Bonchev–Trinajstić information content (AvgIpc) is 3.47. The van der Waals surface area contributed by atoms with Gasteiger partial charge in [-0.05, 0) is 57.3 Å². The Hall–Kier alpha value is -5.93. The molecule has 0 unspecified atom stereocenters. The molecule has 0 radical (unpaired) electrons. The van der Waals surface area contributed by atoms with E-state index >= 15 is 0 Å². The highest BCUT2D eigenvalue weighted by molar-refractivity contribution is 6.21. The number of hydrogen-bond donors (Lipinski definition) is 1. The minimum Gasteiger partial charge on any atom is -0.456 e. The monoisotopic (exact) mass is 578 g/mol. The van der Waals surface area contributed by atoms with Gasteiger partial charge in [-0.15, -0.1) is 0 Å². The van der Waals surface area contributed by atoms with Crippen LogP contribution in [-0.4, -0.2) is 5.84 Å². The first-order valence-electron chi connectivity index (χ1n) is 15.2. The largest absolute Gasteiger partial charge is 0.456 e. The van der Waals surface area contributed by atoms with Crippen molar-refractivity contribution in [2.75, 3.05) is 0 Å². The van der Waals surface area contributed by atoms with Crippen molar-refractivity contribution in [2.24, 2.45) is 10.7 Å². The number of benzene rings is 7. The summed E-state index contributed by atoms with van der Waals surface area (Å²) in [5, 5.41) is 6.89. The van der Waals surface area contributed by atoms with Crippen LogP contribution in [0, 0.1) is 0 Å². The molecule has 3 heteroatoms. The van der Waals surface area contributed by atoms with Crippen LogP contribution in [0.25, 0.3) is 60.3 Å². The van der Waals surface area contributed by atoms with Gasteiger partial charge in [-0.3, -0.25) is 0 Å². The van der Waals surface area contributed by atoms with Crippen molar-refractivity contribution in [3.8, 4) is 11.1 Å². The van der Waals surface area contributed by atoms with Crippen LogP contribution in [0.1, 0.15) is 16.7 Å². The van der Waals surface area contributed by atoms with Crippen LogP contribution in [0.3, 0.4) is 0 Å². The summed E-state index contributed by atoms with van der Waals surface area (Å²) in [5.41, 5.74) is 14.7. The molecule has 1 aromatic heterocycles. The lowest BCUT2D eigenvalue weighted by molar-refractivity contribution is 0.669. The molecule has 0 aliphatic carbocycles. The number of nitrogens with zero attached hydrogens (tertiary/aromatic N) is 1. The Kier molecular flexibility index (Phi) is 6.69. The molecule has 0 saturated heterocycles. The maximum absolute atomic E-state index is 6.59. The number of aliphatic imine (C=N–C) groups is 1. The van der Waals surface area contributed by atoms with Gasteiger partial charge in [0.2, 0.25) is 0 Å². The second kappa shape index (κ2) is 11.3. The first kappa shape index (κ1) is 26.7. The van der Waals surface area contributed by atoms with Crippen molar-refractivity contribution in [1.82, 2.24) is 0 Å². The highest BCUT2D eigenvalue weighted by Gasteiger charge is 2.17. The number of fused-ring (bicyclic) bond motifs is 5. The summed E-state index contributed by atoms with van der Waals surface area (Å²) in [6.45, 7) is 0. The molecule has 7 aromatic carbocycles. The lowest BCUT2D eigenvalue weighted by atomic mass is 9.91. The van der Waals surface area contributed by atoms with Crippen molar-refractivity contribution in [1.29, 1.82) is 0 Å². The number of para-hydroxylation sites is 1. The van der Waals surface area contributed by atoms with E-state index in [4.69, 9.17) is 15.1 Å². The number of nitrogens with two attached hydrogens (primary N) is 1. The molecule has 0 fully saturated rings. The van der Waals surface area contributed by atoms with E-state index in [9.17, 15) is 0 Å². The van der Waals surface area contributed by atoms with Crippen molar-refractivity contribution >= 4 is 55.0 Å². The van der Waals surface area contributed by atoms with Gasteiger partial charge >= 0.3 is 0 Å². The number of furan rings is 1. The number of hydrogen-bond acceptors (Lipinski definition) is 2. The molecule has 45 heavy (non-hydrogen) atoms. The zero-order valence-corrected chi connectivity index (χ0v) is 24.7. The summed E-state index contributed by atoms with van der Waals surface area (Å²) in [6.07, 6.45) is 2.93. The maximum atomic E-state index is 6.59. The van der Waals surface area contributed by atoms with Crippen molar-refractivity contribution in [2.45, 2.75) is 6.42 Å². The lowest BCUT2D eigenvalue weighted by Gasteiger charge is -2.13. The first-order valence-corrected chi connectivity index (χ1v) is 15.2. The Morgan fingerprint density at radius 1 is 0.600 bits per heavy atom. The van der Waals surface area contributed by atoms with Gasteiger partial charge in [-0.1, -0.05) is 140 Å². The second-order valence-electron chi connectivity index (χ2n) is 11.3. The van der Waals surface area contributed by atoms with Crippen LogP contribution in [-0.2, 0) is 6.42 Å². The summed E-state index contributed by atoms with van der Waals surface area (Å²) in [6, 6.07) is 52.6. The van der Waals surface area contributed by atoms with Crippen molar-refractivity contribution in [3.63, 3.8) is 0 Å². The molecule has 3 nitrogen and oxygen atoms in total. The fraction of sp³-hybridized carbons (Fsp3) is 0.0238. The Morgan fingerprint density at radius 2 is 1.29 bits per heavy atom. The summed E-state index contributed by atoms with van der Waals surface area (Å²) in [7, 11) is 0. The number of amidine groups is 1. The van der Waals surface area contributed by atoms with Gasteiger partial charge in [0.05, 0.1) is 5.70 Å². The second-order valence-corrected chi connectivity index (χ2v) is 11.3. The number of rotatable bonds is 6. The molecule has 0 spiro atoms. The molecule has 214 valence electrons. The quantitative estimate of drug-likeness (QED) is 0.158. The van der Waals surface area contributed by atoms with E-state index in [0.717, 1.165) is 66.9 Å². The van der Waals surface area contributed by atoms with E-state index in [1.165, 1.54) is 16.5 Å². The van der Waals surface area contributed by atoms with E-state index < -0.39 is 0 Å². The fourth-order valence-corrected chi connectivity index (χ4v) is 6.36. The summed E-state index contributed by atoms with van der Waals surface area (Å²) in [4.78, 5) is 5.01. The molecular weight excluding hydrogens is 548 g/mol. The molecular formula is C42H30N2O. The average molecular weight is 579 g/mol. The van der Waals surface area contributed by atoms with Gasteiger partial charge in [-0.25, -0.2) is 4.99 Å². The topological polar surface area (TPSA) is 51.5 Å². The third-order valence-electron chi connectivity index (χ3n) is 8.52. The number of allylic oxidation sites excluding steroid dienone is 1. The normalized spacial score (nSPS) is 12.4. The highest BCUT2D eigenvalue weighted by atomic mass is 16.3. The van der Waals surface area contributed by atoms with Gasteiger partial charge in [0, 0.05) is 27.5 Å². The summed E-state index contributed by atoms with van der Waals surface area (Å²) in [5.74, 6) is 0.494. The van der Waals surface area contributed by atoms with Crippen LogP contribution in [0.15, 0.2) is 167 Å². The maximum Gasteiger partial charge on any atom is 0.136 e. The minimum absolute atomic E-state index is 0.494. The molecule has 0 aliphatic rings. The lowest BCUT2D eigenvalue weighted by Crippen LogP contribution is -2.13. The van der Waals surface area contributed by atoms with E-state index in [2.05, 4.69) is 109 Å². The molecule has 8 aromatic rings. The van der Waals surface area contributed by atoms with Gasteiger partial charge in [-0.2, -0.15) is 0 Å². The van der Waals surface area contributed by atoms with Gasteiger partial charge in [0.25, 0.3) is 0 Å². The highest BCUT2D eigenvalue weighted by Crippen LogP contribution is 2.42. The molecule has 0 saturated carbocycles. The minimum atomic E-state index is 0.494. The third-order valence-corrected chi connectivity index (χ3v) is 8.52. The Bertz CT molecular complexity index is 2400. The van der Waals surface area contributed by atoms with E-state index in [-0.39, 0.29) is 0 Å². The molecule has 2 N–H and O–H groups in total. The Balaban J connectivity index is 1.32. The van der Waals surface area contributed by atoms with Crippen LogP contribution in [0.2, 0.25) is 0 Å². The van der Waals surface area contributed by atoms with E-state index in [0.29, 0.717) is 5.84 Å². The molecule has 0 bridgehead atoms. The first-order chi connectivity index (χ1) is 22.2. The van der Waals surface area contributed by atoms with Crippen LogP contribution in [0.5, 0.6) is 0 Å². The smallest absolute Gasteiger partial charge is 0.136 e. The van der Waals surface area contributed by atoms with Gasteiger partial charge in [0.15, 0.2) is 0 Å². The fourth-order valence-electron chi connectivity index (χ4n) is 6.36. The standard InChI is InChI=1S/C42H30N2O/c43-42(29-14-5-2-6-15-29)44-37(25-22-28-12-3-1-4-13-28)35-20-11-17-30-26-32(23-24-33(30)35)40-34-18-8-7-16-31(34)27-39-41(40)36-19-9-10-21-38(36)45-39/h1-21,23-27H,22H2,(H2,43,44)/b37-25-. The van der Waals surface area contributed by atoms with Crippen LogP contribution >= 0.6 is 0 Å². The van der Waals surface area contributed by atoms with Gasteiger partial charge < -0.3 is 10.2 Å². The zero-order chi connectivity index (χ0) is 30.2. The molecule has 0 atom stereocenters.